The summed E-state index contributed by atoms with van der Waals surface area (Å²) in [4.78, 5) is 14.2. The van der Waals surface area contributed by atoms with Crippen molar-refractivity contribution >= 4 is 59.5 Å². The molecule has 6 aromatic rings. The van der Waals surface area contributed by atoms with Gasteiger partial charge in [0.2, 0.25) is 0 Å². The highest BCUT2D eigenvalue weighted by atomic mass is 79.9. The molecule has 6 rings (SSSR count). The normalized spacial score (nSPS) is 11.5. The number of ether oxygens (including phenoxy) is 2. The van der Waals surface area contributed by atoms with E-state index in [2.05, 4.69) is 36.5 Å². The molecule has 13 heteroatoms. The van der Waals surface area contributed by atoms with Crippen LogP contribution in [0.15, 0.2) is 106 Å². The number of rotatable bonds is 15. The number of hydrogen-bond donors (Lipinski definition) is 2. The molecule has 0 aliphatic carbocycles. The van der Waals surface area contributed by atoms with Crippen LogP contribution in [0, 0.1) is 5.82 Å². The van der Waals surface area contributed by atoms with Crippen molar-refractivity contribution in [1.82, 2.24) is 20.3 Å². The lowest BCUT2D eigenvalue weighted by atomic mass is 10.1. The highest BCUT2D eigenvalue weighted by molar-refractivity contribution is 9.10. The highest BCUT2D eigenvalue weighted by Crippen LogP contribution is 2.37. The van der Waals surface area contributed by atoms with Gasteiger partial charge in [-0.1, -0.05) is 30.3 Å². The third-order valence-electron chi connectivity index (χ3n) is 7.66. The monoisotopic (exact) mass is 761 g/mol. The molecule has 0 aliphatic heterocycles. The fourth-order valence-electron chi connectivity index (χ4n) is 5.16. The van der Waals surface area contributed by atoms with Crippen LogP contribution < -0.4 is 20.1 Å². The summed E-state index contributed by atoms with van der Waals surface area (Å²) in [5.74, 6) is 1.64. The lowest BCUT2D eigenvalue weighted by molar-refractivity contribution is 0.303. The van der Waals surface area contributed by atoms with E-state index in [0.29, 0.717) is 40.8 Å². The smallest absolute Gasteiger partial charge is 0.179 e. The second kappa shape index (κ2) is 15.9. The molecule has 9 nitrogen and oxygen atoms in total. The van der Waals surface area contributed by atoms with Crippen molar-refractivity contribution < 1.29 is 22.3 Å². The minimum atomic E-state index is -3.30. The predicted molar refractivity (Wildman–Crippen MR) is 195 cm³/mol. The summed E-state index contributed by atoms with van der Waals surface area (Å²) in [6.45, 7) is 1.31. The van der Waals surface area contributed by atoms with Gasteiger partial charge in [-0.25, -0.2) is 27.8 Å². The van der Waals surface area contributed by atoms with Crippen LogP contribution in [-0.2, 0) is 22.9 Å². The Kier molecular flexibility index (Phi) is 11.1. The Labute approximate surface area is 296 Å². The number of aryl methyl sites for hydroxylation is 1. The average Bonchev–Trinajstić information content (AvgIpc) is 3.58. The van der Waals surface area contributed by atoms with Gasteiger partial charge >= 0.3 is 0 Å². The molecule has 49 heavy (non-hydrogen) atoms. The van der Waals surface area contributed by atoms with E-state index < -0.39 is 9.84 Å². The number of nitrogens with one attached hydrogen (secondary N) is 2. The Morgan fingerprint density at radius 3 is 2.59 bits per heavy atom. The first kappa shape index (κ1) is 34.4. The largest absolute Gasteiger partial charge is 0.496 e. The molecule has 2 heterocycles. The van der Waals surface area contributed by atoms with E-state index >= 15 is 0 Å². The van der Waals surface area contributed by atoms with Gasteiger partial charge in [-0.05, 0) is 83.0 Å². The average molecular weight is 763 g/mol. The predicted octanol–water partition coefficient (Wildman–Crippen LogP) is 7.98. The van der Waals surface area contributed by atoms with Gasteiger partial charge in [0.05, 0.1) is 38.4 Å². The Bertz CT molecular complexity index is 2170. The third-order valence-corrected chi connectivity index (χ3v) is 10.9. The molecule has 0 spiro atoms. The number of aromatic nitrogens is 3. The number of fused-ring (bicyclic) bond motifs is 1. The van der Waals surface area contributed by atoms with Crippen molar-refractivity contribution in [3.05, 3.63) is 117 Å². The van der Waals surface area contributed by atoms with Crippen molar-refractivity contribution in [3.8, 4) is 22.8 Å². The number of sulfone groups is 1. The van der Waals surface area contributed by atoms with E-state index in [0.717, 1.165) is 50.2 Å². The molecule has 2 N–H and O–H groups in total. The molecule has 4 aromatic carbocycles. The molecule has 0 radical (unpaired) electrons. The zero-order valence-electron chi connectivity index (χ0n) is 26.5. The van der Waals surface area contributed by atoms with Crippen LogP contribution in [0.4, 0.5) is 15.9 Å². The van der Waals surface area contributed by atoms with E-state index in [-0.39, 0.29) is 18.2 Å². The Morgan fingerprint density at radius 1 is 0.939 bits per heavy atom. The van der Waals surface area contributed by atoms with Gasteiger partial charge in [0, 0.05) is 41.0 Å². The van der Waals surface area contributed by atoms with Crippen LogP contribution in [0.25, 0.3) is 22.2 Å². The van der Waals surface area contributed by atoms with Gasteiger partial charge in [-0.3, -0.25) is 0 Å². The summed E-state index contributed by atoms with van der Waals surface area (Å²) in [5.41, 5.74) is 3.84. The summed E-state index contributed by atoms with van der Waals surface area (Å²) in [7, 11) is -1.68. The Hall–Kier alpha value is -4.43. The molecule has 0 amide bonds. The first-order valence-corrected chi connectivity index (χ1v) is 18.8. The molecule has 0 atom stereocenters. The van der Waals surface area contributed by atoms with Gasteiger partial charge in [0.25, 0.3) is 0 Å². The molecule has 252 valence electrons. The van der Waals surface area contributed by atoms with Crippen LogP contribution in [0.3, 0.4) is 0 Å². The number of anilines is 2. The molecule has 2 aromatic heterocycles. The lowest BCUT2D eigenvalue weighted by Crippen LogP contribution is -2.24. The topological polar surface area (TPSA) is 115 Å². The zero-order valence-corrected chi connectivity index (χ0v) is 29.7. The molecule has 0 saturated heterocycles. The van der Waals surface area contributed by atoms with E-state index in [4.69, 9.17) is 14.5 Å². The fraction of sp³-hybridized carbons (Fsp3) is 0.194. The number of benzene rings is 4. The number of hydrogen-bond acceptors (Lipinski definition) is 10. The van der Waals surface area contributed by atoms with Gasteiger partial charge in [-0.2, -0.15) is 0 Å². The molecule has 0 unspecified atom stereocenters. The number of nitrogens with zero attached hydrogens (tertiary/aromatic N) is 3. The van der Waals surface area contributed by atoms with E-state index in [1.165, 1.54) is 18.5 Å². The van der Waals surface area contributed by atoms with Gasteiger partial charge in [0.1, 0.15) is 36.1 Å². The standard InChI is InChI=1S/C36H33BrFN5O4S2/c1-46-34-20-31-29(36(41-23-40-31)42-26-12-13-33(30(37)18-26)47-21-24-7-5-8-25(38)17-24)19-28(34)32-22-48-35(43-32)11-6-14-39-15-16-49(44,45)27-9-3-2-4-10-27/h2-5,7-10,12-13,17-20,22-23,39H,6,11,14-16,21H2,1H3,(H,40,41,42). The maximum atomic E-state index is 13.5. The summed E-state index contributed by atoms with van der Waals surface area (Å²) in [5, 5.41) is 10.4. The maximum absolute atomic E-state index is 13.5. The minimum Gasteiger partial charge on any atom is -0.496 e. The SMILES string of the molecule is COc1cc2ncnc(Nc3ccc(OCc4cccc(F)c4)c(Br)c3)c2cc1-c1csc(CCCNCCS(=O)(=O)c2ccccc2)n1. The highest BCUT2D eigenvalue weighted by Gasteiger charge is 2.16. The molecule has 0 fully saturated rings. The van der Waals surface area contributed by atoms with Crippen molar-refractivity contribution in [2.24, 2.45) is 0 Å². The van der Waals surface area contributed by atoms with Gasteiger partial charge in [-0.15, -0.1) is 11.3 Å². The van der Waals surface area contributed by atoms with Crippen molar-refractivity contribution in [1.29, 1.82) is 0 Å². The van der Waals surface area contributed by atoms with E-state index in [1.54, 1.807) is 54.8 Å². The van der Waals surface area contributed by atoms with Gasteiger partial charge in [0.15, 0.2) is 9.84 Å². The Balaban J connectivity index is 1.10. The summed E-state index contributed by atoms with van der Waals surface area (Å²) >= 11 is 5.16. The van der Waals surface area contributed by atoms with Gasteiger partial charge < -0.3 is 20.1 Å². The minimum absolute atomic E-state index is 0.0513. The zero-order chi connectivity index (χ0) is 34.2. The van der Waals surface area contributed by atoms with Crippen molar-refractivity contribution in [3.63, 3.8) is 0 Å². The number of thiazole rings is 1. The van der Waals surface area contributed by atoms with Crippen LogP contribution in [0.2, 0.25) is 0 Å². The quantitative estimate of drug-likeness (QED) is 0.101. The van der Waals surface area contributed by atoms with Crippen LogP contribution in [0.5, 0.6) is 11.5 Å². The lowest BCUT2D eigenvalue weighted by Gasteiger charge is -2.13. The summed E-state index contributed by atoms with van der Waals surface area (Å²) in [6, 6.07) is 24.3. The van der Waals surface area contributed by atoms with Crippen LogP contribution in [0.1, 0.15) is 17.0 Å². The van der Waals surface area contributed by atoms with Crippen LogP contribution >= 0.6 is 27.3 Å². The van der Waals surface area contributed by atoms with Crippen LogP contribution in [-0.4, -0.2) is 49.3 Å². The second-order valence-corrected chi connectivity index (χ2v) is 15.0. The van der Waals surface area contributed by atoms with E-state index in [9.17, 15) is 12.8 Å². The first-order valence-electron chi connectivity index (χ1n) is 15.5. The molecule has 0 saturated carbocycles. The maximum Gasteiger partial charge on any atom is 0.179 e. The summed E-state index contributed by atoms with van der Waals surface area (Å²) < 4.78 is 50.9. The molecular weight excluding hydrogens is 729 g/mol. The molecular formula is C36H33BrFN5O4S2. The molecule has 0 aliphatic rings. The number of halogens is 2. The van der Waals surface area contributed by atoms with Crippen molar-refractivity contribution in [2.75, 3.05) is 31.3 Å². The first-order chi connectivity index (χ1) is 23.8. The summed E-state index contributed by atoms with van der Waals surface area (Å²) in [6.07, 6.45) is 3.08. The third kappa shape index (κ3) is 8.79. The fourth-order valence-corrected chi connectivity index (χ4v) is 7.72. The Morgan fingerprint density at radius 2 is 1.80 bits per heavy atom. The molecule has 0 bridgehead atoms. The second-order valence-electron chi connectivity index (χ2n) is 11.1. The van der Waals surface area contributed by atoms with Crippen molar-refractivity contribution in [2.45, 2.75) is 24.3 Å². The number of methoxy groups -OCH3 is 1. The van der Waals surface area contributed by atoms with E-state index in [1.807, 2.05) is 41.8 Å².